The number of para-hydroxylation sites is 1. The average molecular weight is 592 g/mol. The van der Waals surface area contributed by atoms with Crippen LogP contribution in [0.2, 0.25) is 0 Å². The quantitative estimate of drug-likeness (QED) is 0.289. The summed E-state index contributed by atoms with van der Waals surface area (Å²) in [5.74, 6) is 0.397. The molecule has 0 aliphatic heterocycles. The van der Waals surface area contributed by atoms with Gasteiger partial charge in [-0.3, -0.25) is 4.79 Å². The van der Waals surface area contributed by atoms with Crippen LogP contribution in [0, 0.1) is 0 Å². The van der Waals surface area contributed by atoms with E-state index < -0.39 is 10.0 Å². The van der Waals surface area contributed by atoms with Crippen molar-refractivity contribution in [2.75, 3.05) is 72.9 Å². The van der Waals surface area contributed by atoms with Crippen molar-refractivity contribution in [3.8, 4) is 11.5 Å². The van der Waals surface area contributed by atoms with E-state index in [4.69, 9.17) is 9.88 Å². The number of nitrogens with two attached hydrogens (primary N) is 1. The van der Waals surface area contributed by atoms with E-state index >= 15 is 0 Å². The van der Waals surface area contributed by atoms with Gasteiger partial charge in [-0.2, -0.15) is 0 Å². The van der Waals surface area contributed by atoms with Gasteiger partial charge in [-0.1, -0.05) is 51.8 Å². The van der Waals surface area contributed by atoms with Crippen molar-refractivity contribution in [3.63, 3.8) is 0 Å². The third kappa shape index (κ3) is 13.2. The highest BCUT2D eigenvalue weighted by Crippen LogP contribution is 2.40. The highest BCUT2D eigenvalue weighted by Gasteiger charge is 2.27. The van der Waals surface area contributed by atoms with Gasteiger partial charge in [-0.25, -0.2) is 13.6 Å². The Kier molecular flexibility index (Phi) is 16.6. The van der Waals surface area contributed by atoms with Crippen molar-refractivity contribution >= 4 is 21.6 Å². The van der Waals surface area contributed by atoms with E-state index in [1.54, 1.807) is 30.1 Å². The number of nitrogens with zero attached hydrogens (tertiary/aromatic N) is 4. The first-order valence-electron chi connectivity index (χ1n) is 14.6. The fourth-order valence-electron chi connectivity index (χ4n) is 3.86. The van der Waals surface area contributed by atoms with Crippen LogP contribution in [-0.4, -0.2) is 97.0 Å². The van der Waals surface area contributed by atoms with Crippen LogP contribution in [0.5, 0.6) is 11.5 Å². The molecule has 0 aliphatic rings. The van der Waals surface area contributed by atoms with E-state index in [2.05, 4.69) is 49.6 Å². The first kappa shape index (κ1) is 36.4. The van der Waals surface area contributed by atoms with E-state index in [0.29, 0.717) is 31.1 Å². The Morgan fingerprint density at radius 2 is 1.37 bits per heavy atom. The Morgan fingerprint density at radius 3 is 1.83 bits per heavy atom. The van der Waals surface area contributed by atoms with Crippen LogP contribution < -0.4 is 14.8 Å². The Morgan fingerprint density at radius 1 is 0.805 bits per heavy atom. The number of ether oxygens (including phenoxy) is 1. The maximum atomic E-state index is 13.4. The summed E-state index contributed by atoms with van der Waals surface area (Å²) in [6.07, 6.45) is 4.60. The van der Waals surface area contributed by atoms with Gasteiger partial charge in [0, 0.05) is 32.2 Å². The maximum absolute atomic E-state index is 13.4. The minimum atomic E-state index is -4.19. The number of sulfonamides is 1. The van der Waals surface area contributed by atoms with Gasteiger partial charge in [-0.05, 0) is 84.8 Å². The summed E-state index contributed by atoms with van der Waals surface area (Å²) in [6.45, 7) is 10.3. The summed E-state index contributed by atoms with van der Waals surface area (Å²) in [6, 6.07) is 12.1. The number of hydrogen-bond donors (Lipinski definition) is 1. The monoisotopic (exact) mass is 591 g/mol. The van der Waals surface area contributed by atoms with Gasteiger partial charge in [0.1, 0.15) is 10.6 Å². The zero-order valence-corrected chi connectivity index (χ0v) is 27.3. The Bertz CT molecular complexity index is 1130. The second-order valence-corrected chi connectivity index (χ2v) is 12.3. The van der Waals surface area contributed by atoms with Crippen molar-refractivity contribution in [3.05, 3.63) is 48.0 Å². The number of anilines is 1. The third-order valence-corrected chi connectivity index (χ3v) is 7.45. The third-order valence-electron chi connectivity index (χ3n) is 6.53. The molecule has 0 fully saturated rings. The highest BCUT2D eigenvalue weighted by atomic mass is 32.2. The molecule has 2 aromatic carbocycles. The molecule has 0 aromatic heterocycles. The van der Waals surface area contributed by atoms with Crippen LogP contribution in [0.4, 0.5) is 5.69 Å². The molecule has 2 N–H and O–H groups in total. The van der Waals surface area contributed by atoms with Gasteiger partial charge >= 0.3 is 0 Å². The topological polar surface area (TPSA) is 99.4 Å². The van der Waals surface area contributed by atoms with Crippen molar-refractivity contribution in [1.82, 2.24) is 14.7 Å². The molecule has 9 nitrogen and oxygen atoms in total. The fraction of sp³-hybridized carbons (Fsp3) is 0.581. The predicted molar refractivity (Wildman–Crippen MR) is 171 cm³/mol. The first-order valence-corrected chi connectivity index (χ1v) is 16.1. The van der Waals surface area contributed by atoms with Gasteiger partial charge in [0.25, 0.3) is 5.91 Å². The molecular formula is C31H53N5O4S. The van der Waals surface area contributed by atoms with Crippen LogP contribution in [0.15, 0.2) is 47.4 Å². The second kappa shape index (κ2) is 18.7. The number of primary sulfonamides is 1. The van der Waals surface area contributed by atoms with Crippen LogP contribution in [0.25, 0.3) is 0 Å². The number of carbonyl (C=O) groups is 1. The standard InChI is InChI=1S/C27H42N4O4S.C4H11N/c1-6-8-18-31(19-9-7-2)24-20-22(27(32)30(5)17-13-16-29(3)4)21-25(36(28,33)34)26(24)35-23-14-11-10-12-15-23;1-4-5(2)3/h10-12,14-15,20-21H,6-9,13,16-19H2,1-5H3,(H2,28,33,34);4H2,1-3H3. The van der Waals surface area contributed by atoms with E-state index in [0.717, 1.165) is 45.2 Å². The lowest BCUT2D eigenvalue weighted by Gasteiger charge is -2.29. The van der Waals surface area contributed by atoms with Gasteiger partial charge in [-0.15, -0.1) is 0 Å². The van der Waals surface area contributed by atoms with Gasteiger partial charge in [0.05, 0.1) is 5.69 Å². The fourth-order valence-corrected chi connectivity index (χ4v) is 4.56. The summed E-state index contributed by atoms with van der Waals surface area (Å²) in [5, 5.41) is 5.68. The molecule has 0 aliphatic carbocycles. The Hall–Kier alpha value is -2.66. The summed E-state index contributed by atoms with van der Waals surface area (Å²) in [4.78, 5) is 21.1. The summed E-state index contributed by atoms with van der Waals surface area (Å²) in [5.41, 5.74) is 0.845. The lowest BCUT2D eigenvalue weighted by atomic mass is 10.1. The van der Waals surface area contributed by atoms with E-state index in [-0.39, 0.29) is 22.1 Å². The van der Waals surface area contributed by atoms with Gasteiger partial charge < -0.3 is 24.3 Å². The van der Waals surface area contributed by atoms with E-state index in [1.807, 2.05) is 32.3 Å². The van der Waals surface area contributed by atoms with E-state index in [1.165, 1.54) is 6.07 Å². The lowest BCUT2D eigenvalue weighted by molar-refractivity contribution is 0.0790. The van der Waals surface area contributed by atoms with Crippen LogP contribution in [0.3, 0.4) is 0 Å². The summed E-state index contributed by atoms with van der Waals surface area (Å²) < 4.78 is 31.7. The highest BCUT2D eigenvalue weighted by molar-refractivity contribution is 7.89. The number of carbonyl (C=O) groups excluding carboxylic acids is 1. The molecule has 0 bridgehead atoms. The smallest absolute Gasteiger partial charge is 0.253 e. The molecule has 232 valence electrons. The van der Waals surface area contributed by atoms with Crippen molar-refractivity contribution in [2.24, 2.45) is 5.14 Å². The molecule has 2 aromatic rings. The Balaban J connectivity index is 0.00000154. The maximum Gasteiger partial charge on any atom is 0.253 e. The molecule has 0 heterocycles. The van der Waals surface area contributed by atoms with E-state index in [9.17, 15) is 13.2 Å². The van der Waals surface area contributed by atoms with Crippen LogP contribution in [0.1, 0.15) is 63.2 Å². The molecule has 0 unspecified atom stereocenters. The molecule has 0 saturated carbocycles. The second-order valence-electron chi connectivity index (χ2n) is 10.8. The molecule has 0 atom stereocenters. The molecule has 0 saturated heterocycles. The normalized spacial score (nSPS) is 11.3. The average Bonchev–Trinajstić information content (AvgIpc) is 2.93. The number of hydrogen-bond acceptors (Lipinski definition) is 7. The number of amides is 1. The van der Waals surface area contributed by atoms with Crippen molar-refractivity contribution in [2.45, 2.75) is 57.8 Å². The number of benzene rings is 2. The minimum absolute atomic E-state index is 0.155. The van der Waals surface area contributed by atoms with Gasteiger partial charge in [0.15, 0.2) is 5.75 Å². The molecule has 0 spiro atoms. The molecule has 41 heavy (non-hydrogen) atoms. The summed E-state index contributed by atoms with van der Waals surface area (Å²) in [7, 11) is 5.62. The van der Waals surface area contributed by atoms with Crippen molar-refractivity contribution < 1.29 is 17.9 Å². The molecule has 0 radical (unpaired) electrons. The predicted octanol–water partition coefficient (Wildman–Crippen LogP) is 5.12. The summed E-state index contributed by atoms with van der Waals surface area (Å²) >= 11 is 0. The van der Waals surface area contributed by atoms with Gasteiger partial charge in [0.2, 0.25) is 10.0 Å². The van der Waals surface area contributed by atoms with Crippen LogP contribution >= 0.6 is 0 Å². The molecule has 1 amide bonds. The zero-order chi connectivity index (χ0) is 31.0. The first-order chi connectivity index (χ1) is 19.3. The minimum Gasteiger partial charge on any atom is -0.454 e. The lowest BCUT2D eigenvalue weighted by Crippen LogP contribution is -2.31. The largest absolute Gasteiger partial charge is 0.454 e. The van der Waals surface area contributed by atoms with Crippen molar-refractivity contribution in [1.29, 1.82) is 0 Å². The molecule has 10 heteroatoms. The van der Waals surface area contributed by atoms with Crippen LogP contribution in [-0.2, 0) is 10.0 Å². The molecule has 2 rings (SSSR count). The Labute approximate surface area is 249 Å². The number of unbranched alkanes of at least 4 members (excludes halogenated alkanes) is 2. The molecular weight excluding hydrogens is 538 g/mol. The SMILES string of the molecule is CCCCN(CCCC)c1cc(C(=O)N(C)CCCN(C)C)cc(S(N)(=O)=O)c1Oc1ccccc1.CCN(C)C. The zero-order valence-electron chi connectivity index (χ0n) is 26.5. The number of rotatable bonds is 16.